The molecule has 1 aromatic carbocycles. The minimum absolute atomic E-state index is 0.00636. The van der Waals surface area contributed by atoms with E-state index in [0.717, 1.165) is 10.9 Å². The minimum Gasteiger partial charge on any atom is -0.480 e. The number of aromatic amines is 1. The molecule has 2 aromatic rings. The number of rotatable bonds is 31. The fourth-order valence-electron chi connectivity index (χ4n) is 6.63. The molecule has 0 aliphatic heterocycles. The molecule has 7 atom stereocenters. The van der Waals surface area contributed by atoms with E-state index in [9.17, 15) is 48.6 Å². The van der Waals surface area contributed by atoms with Crippen molar-refractivity contribution < 1.29 is 48.6 Å². The number of carboxylic acids is 1. The molecule has 0 spiro atoms. The van der Waals surface area contributed by atoms with Gasteiger partial charge in [-0.1, -0.05) is 38.5 Å². The largest absolute Gasteiger partial charge is 0.480 e. The van der Waals surface area contributed by atoms with Crippen LogP contribution in [0.15, 0.2) is 35.5 Å². The third-order valence-electron chi connectivity index (χ3n) is 10.3. The molecule has 2 rings (SSSR count). The zero-order valence-electron chi connectivity index (χ0n) is 35.3. The van der Waals surface area contributed by atoms with E-state index in [0.29, 0.717) is 24.8 Å². The number of aliphatic imine (C=N–C) groups is 1. The van der Waals surface area contributed by atoms with E-state index in [4.69, 9.17) is 34.1 Å². The first-order valence-corrected chi connectivity index (χ1v) is 20.5. The van der Waals surface area contributed by atoms with Crippen LogP contribution in [0.1, 0.15) is 90.0 Å². The van der Waals surface area contributed by atoms with Crippen molar-refractivity contribution in [3.63, 3.8) is 0 Å². The number of H-pyrrole nitrogens is 1. The monoisotopic (exact) mass is 869 g/mol. The molecule has 62 heavy (non-hydrogen) atoms. The molecule has 342 valence electrons. The van der Waals surface area contributed by atoms with E-state index < -0.39 is 108 Å². The number of primary amides is 1. The van der Waals surface area contributed by atoms with Gasteiger partial charge in [0.2, 0.25) is 23.6 Å². The normalized spacial score (nSPS) is 14.5. The molecule has 0 bridgehead atoms. The number of hydrogen-bond donors (Lipinski definition) is 12. The molecule has 0 fully saturated rings. The first-order valence-electron chi connectivity index (χ1n) is 20.5. The summed E-state index contributed by atoms with van der Waals surface area (Å²) >= 11 is 0. The molecule has 0 saturated heterocycles. The van der Waals surface area contributed by atoms with Crippen LogP contribution in [0.25, 0.3) is 10.9 Å². The number of aromatic nitrogens is 1. The fraction of sp³-hybridized carbons (Fsp3) is 0.561. The Balaban J connectivity index is 2.09. The number of carbonyl (C=O) groups excluding carboxylic acids is 7. The number of aliphatic carboxylic acids is 1. The first-order chi connectivity index (χ1) is 29.2. The molecule has 4 amide bonds. The summed E-state index contributed by atoms with van der Waals surface area (Å²) in [5.74, 6) is -9.41. The van der Waals surface area contributed by atoms with Crippen molar-refractivity contribution in [2.45, 2.75) is 115 Å². The number of aliphatic hydroxyl groups excluding tert-OH is 1. The van der Waals surface area contributed by atoms with Gasteiger partial charge >= 0.3 is 5.97 Å². The number of carbonyl (C=O) groups is 8. The molecule has 0 radical (unpaired) electrons. The number of unbranched alkanes of at least 4 members (excludes halogenated alkanes) is 1. The van der Waals surface area contributed by atoms with Crippen molar-refractivity contribution in [1.29, 1.82) is 5.41 Å². The Morgan fingerprint density at radius 1 is 0.742 bits per heavy atom. The number of carboxylic acid groups (broad SMARTS) is 1. The fourth-order valence-corrected chi connectivity index (χ4v) is 6.63. The predicted octanol–water partition coefficient (Wildman–Crippen LogP) is -0.850. The summed E-state index contributed by atoms with van der Waals surface area (Å²) in [6.07, 6.45) is 1.94. The van der Waals surface area contributed by atoms with Gasteiger partial charge in [0.15, 0.2) is 17.5 Å². The van der Waals surface area contributed by atoms with E-state index in [1.165, 1.54) is 13.8 Å². The van der Waals surface area contributed by atoms with Crippen LogP contribution in [-0.2, 0) is 44.8 Å². The molecule has 0 aliphatic rings. The lowest BCUT2D eigenvalue weighted by Crippen LogP contribution is -2.49. The lowest BCUT2D eigenvalue weighted by atomic mass is 9.90. The standard InChI is InChI=1S/C41H63N11O10/c1-22(38(59)52-31(21-53)34(56)17-23(2)37(58)51-30(40(61)62)18-25-20-49-28-10-5-3-8-26(25)28)16-33(55)29(11-7-15-48-41(46)47)50-39(60)24(13-14-36(45)57)19-32(54)27(42)9-4-6-12-35(43)44/h3,5,8,10,20,22-24,27,29-31,49,53H,4,6-7,9,11-19,21,42H2,1-2H3,(H3,43,44)(H2,45,57)(H,50,60)(H,51,58)(H,52,59)(H,61,62)(H4,46,47,48)/t22-,23-,24-,27+,29+,30+,31+/m1/s1. The van der Waals surface area contributed by atoms with Gasteiger partial charge in [-0.3, -0.25) is 44.0 Å². The van der Waals surface area contributed by atoms with Crippen molar-refractivity contribution in [3.05, 3.63) is 36.0 Å². The first kappa shape index (κ1) is 51.9. The van der Waals surface area contributed by atoms with Gasteiger partial charge in [0.05, 0.1) is 24.5 Å². The van der Waals surface area contributed by atoms with Crippen molar-refractivity contribution in [2.24, 2.45) is 51.4 Å². The Morgan fingerprint density at radius 2 is 1.34 bits per heavy atom. The zero-order chi connectivity index (χ0) is 46.5. The number of ketones is 3. The highest BCUT2D eigenvalue weighted by Gasteiger charge is 2.32. The van der Waals surface area contributed by atoms with E-state index in [2.05, 4.69) is 25.9 Å². The molecule has 21 heteroatoms. The number of amidine groups is 1. The number of benzene rings is 1. The van der Waals surface area contributed by atoms with Crippen molar-refractivity contribution in [2.75, 3.05) is 13.2 Å². The van der Waals surface area contributed by atoms with E-state index in [1.54, 1.807) is 12.3 Å². The van der Waals surface area contributed by atoms with Crippen LogP contribution in [0.4, 0.5) is 0 Å². The van der Waals surface area contributed by atoms with E-state index >= 15 is 0 Å². The summed E-state index contributed by atoms with van der Waals surface area (Å²) < 4.78 is 0. The number of Topliss-reactive ketones (excluding diaryl/α,β-unsaturated/α-hetero) is 3. The third kappa shape index (κ3) is 18.2. The van der Waals surface area contributed by atoms with Crippen molar-refractivity contribution in [1.82, 2.24) is 20.9 Å². The summed E-state index contributed by atoms with van der Waals surface area (Å²) in [5.41, 5.74) is 29.1. The van der Waals surface area contributed by atoms with Gasteiger partial charge in [-0.15, -0.1) is 0 Å². The Kier molecular flexibility index (Phi) is 21.9. The van der Waals surface area contributed by atoms with E-state index in [-0.39, 0.29) is 63.3 Å². The quantitative estimate of drug-likeness (QED) is 0.0250. The van der Waals surface area contributed by atoms with Crippen LogP contribution in [0.5, 0.6) is 0 Å². The molecule has 0 unspecified atom stereocenters. The van der Waals surface area contributed by atoms with Gasteiger partial charge < -0.3 is 59.8 Å². The van der Waals surface area contributed by atoms with Crippen molar-refractivity contribution >= 4 is 69.6 Å². The van der Waals surface area contributed by atoms with Crippen molar-refractivity contribution in [3.8, 4) is 0 Å². The van der Waals surface area contributed by atoms with Crippen LogP contribution >= 0.6 is 0 Å². The highest BCUT2D eigenvalue weighted by Crippen LogP contribution is 2.20. The number of nitrogens with two attached hydrogens (primary N) is 5. The van der Waals surface area contributed by atoms with Crippen LogP contribution in [0, 0.1) is 23.2 Å². The van der Waals surface area contributed by atoms with Gasteiger partial charge in [-0.05, 0) is 43.7 Å². The van der Waals surface area contributed by atoms with Gasteiger partial charge in [0.25, 0.3) is 0 Å². The molecule has 1 heterocycles. The number of fused-ring (bicyclic) bond motifs is 1. The number of hydrogen-bond acceptors (Lipinski definition) is 12. The summed E-state index contributed by atoms with van der Waals surface area (Å²) in [6.45, 7) is 2.05. The van der Waals surface area contributed by atoms with Gasteiger partial charge in [0, 0.05) is 79.9 Å². The summed E-state index contributed by atoms with van der Waals surface area (Å²) in [5, 5.41) is 35.5. The second-order valence-corrected chi connectivity index (χ2v) is 15.6. The van der Waals surface area contributed by atoms with Gasteiger partial charge in [-0.2, -0.15) is 0 Å². The molecular formula is C41H63N11O10. The minimum atomic E-state index is -1.46. The molecule has 17 N–H and O–H groups in total. The number of para-hydroxylation sites is 1. The predicted molar refractivity (Wildman–Crippen MR) is 230 cm³/mol. The molecular weight excluding hydrogens is 807 g/mol. The Labute approximate surface area is 359 Å². The van der Waals surface area contributed by atoms with E-state index in [1.807, 2.05) is 18.2 Å². The number of amides is 4. The lowest BCUT2D eigenvalue weighted by molar-refractivity contribution is -0.142. The number of nitrogens with zero attached hydrogens (tertiary/aromatic N) is 1. The van der Waals surface area contributed by atoms with Crippen LogP contribution in [0.2, 0.25) is 0 Å². The molecule has 21 nitrogen and oxygen atoms in total. The zero-order valence-corrected chi connectivity index (χ0v) is 35.3. The van der Waals surface area contributed by atoms with Gasteiger partial charge in [-0.25, -0.2) is 4.79 Å². The average molecular weight is 870 g/mol. The van der Waals surface area contributed by atoms with Gasteiger partial charge in [0.1, 0.15) is 17.9 Å². The SMILES string of the molecule is C[C@H](CC(=O)[C@H](CO)NC(=O)[C@H](C)CC(=O)[C@H](CCCN=C(N)N)NC(=O)[C@H](CCC(N)=O)CC(=O)[C@@H](N)CCCCC(=N)N)C(=O)N[C@@H](Cc1c[nH]c2ccccc12)C(=O)O. The second kappa shape index (κ2) is 26.2. The maximum Gasteiger partial charge on any atom is 0.326 e. The molecule has 1 aromatic heterocycles. The summed E-state index contributed by atoms with van der Waals surface area (Å²) in [6, 6.07) is 2.36. The van der Waals surface area contributed by atoms with Crippen LogP contribution in [0.3, 0.4) is 0 Å². The molecule has 0 aliphatic carbocycles. The summed E-state index contributed by atoms with van der Waals surface area (Å²) in [7, 11) is 0. The van der Waals surface area contributed by atoms with Crippen LogP contribution < -0.4 is 44.6 Å². The summed E-state index contributed by atoms with van der Waals surface area (Å²) in [4.78, 5) is 110. The van der Waals surface area contributed by atoms with Crippen LogP contribution in [-0.4, -0.2) is 111 Å². The Morgan fingerprint density at radius 3 is 1.92 bits per heavy atom. The maximum atomic E-state index is 13.7. The topological polar surface area (TPSA) is 395 Å². The lowest BCUT2D eigenvalue weighted by Gasteiger charge is -2.24. The maximum absolute atomic E-state index is 13.7. The number of aliphatic hydroxyl groups is 1. The average Bonchev–Trinajstić information content (AvgIpc) is 3.62. The second-order valence-electron chi connectivity index (χ2n) is 15.6. The number of guanidine groups is 1. The third-order valence-corrected chi connectivity index (χ3v) is 10.3. The smallest absolute Gasteiger partial charge is 0.326 e. The molecule has 0 saturated carbocycles. The highest BCUT2D eigenvalue weighted by molar-refractivity contribution is 5.97. The Bertz CT molecular complexity index is 1930. The Hall–Kier alpha value is -6.22. The highest BCUT2D eigenvalue weighted by atomic mass is 16.4. The number of nitrogens with one attached hydrogen (secondary N) is 5.